The van der Waals surface area contributed by atoms with Gasteiger partial charge in [-0.3, -0.25) is 4.90 Å². The number of anilines is 1. The van der Waals surface area contributed by atoms with Crippen molar-refractivity contribution in [3.05, 3.63) is 23.8 Å². The number of nitrogens with zero attached hydrogens (tertiary/aromatic N) is 1. The zero-order valence-electron chi connectivity index (χ0n) is 11.8. The third-order valence-electron chi connectivity index (χ3n) is 3.54. The van der Waals surface area contributed by atoms with Crippen LogP contribution in [0.25, 0.3) is 0 Å². The molecule has 1 aromatic carbocycles. The number of sulfonamides is 1. The molecule has 0 heterocycles. The highest BCUT2D eigenvalue weighted by molar-refractivity contribution is 7.89. The van der Waals surface area contributed by atoms with Crippen LogP contribution in [0.1, 0.15) is 19.8 Å². The van der Waals surface area contributed by atoms with Gasteiger partial charge in [-0.15, -0.1) is 0 Å². The van der Waals surface area contributed by atoms with Crippen molar-refractivity contribution in [3.8, 4) is 0 Å². The summed E-state index contributed by atoms with van der Waals surface area (Å²) in [5, 5.41) is 0. The van der Waals surface area contributed by atoms with E-state index in [1.165, 1.54) is 0 Å². The van der Waals surface area contributed by atoms with Gasteiger partial charge in [0.15, 0.2) is 5.82 Å². The Labute approximate surface area is 123 Å². The van der Waals surface area contributed by atoms with Crippen LogP contribution in [0.3, 0.4) is 0 Å². The minimum atomic E-state index is -4.04. The highest BCUT2D eigenvalue weighted by Crippen LogP contribution is 2.26. The number of nitrogen functional groups attached to an aromatic ring is 1. The highest BCUT2D eigenvalue weighted by Gasteiger charge is 2.28. The molecule has 8 heteroatoms. The number of benzene rings is 1. The molecule has 118 valence electrons. The van der Waals surface area contributed by atoms with E-state index >= 15 is 0 Å². The molecule has 3 N–H and O–H groups in total. The van der Waals surface area contributed by atoms with E-state index in [4.69, 9.17) is 5.73 Å². The van der Waals surface area contributed by atoms with Gasteiger partial charge in [0.2, 0.25) is 10.0 Å². The molecule has 0 radical (unpaired) electrons. The second-order valence-corrected chi connectivity index (χ2v) is 6.77. The van der Waals surface area contributed by atoms with Gasteiger partial charge >= 0.3 is 0 Å². The average Bonchev–Trinajstić information content (AvgIpc) is 3.25. The van der Waals surface area contributed by atoms with Gasteiger partial charge in [0.1, 0.15) is 16.4 Å². The number of rotatable bonds is 7. The van der Waals surface area contributed by atoms with Crippen LogP contribution in [0.4, 0.5) is 14.5 Å². The first-order valence-electron chi connectivity index (χ1n) is 6.84. The molecular weight excluding hydrogens is 300 g/mol. The fourth-order valence-corrected chi connectivity index (χ4v) is 3.31. The minimum absolute atomic E-state index is 0.170. The van der Waals surface area contributed by atoms with Crippen molar-refractivity contribution in [2.24, 2.45) is 0 Å². The van der Waals surface area contributed by atoms with Gasteiger partial charge in [-0.2, -0.15) is 0 Å². The fourth-order valence-electron chi connectivity index (χ4n) is 2.20. The normalized spacial score (nSPS) is 15.6. The highest BCUT2D eigenvalue weighted by atomic mass is 32.2. The zero-order chi connectivity index (χ0) is 15.6. The lowest BCUT2D eigenvalue weighted by atomic mass is 10.3. The monoisotopic (exact) mass is 319 g/mol. The molecule has 5 nitrogen and oxygen atoms in total. The summed E-state index contributed by atoms with van der Waals surface area (Å²) in [6, 6.07) is 2.25. The smallest absolute Gasteiger partial charge is 0.243 e. The standard InChI is InChI=1S/C13H19F2N3O2S/c1-2-18(9-3-4-9)8-7-17-21(19,20)11-6-5-10(14)13(16)12(11)15/h5-6,9,17H,2-4,7-8,16H2,1H3. The Morgan fingerprint density at radius 3 is 2.62 bits per heavy atom. The van der Waals surface area contributed by atoms with Crippen molar-refractivity contribution in [2.75, 3.05) is 25.4 Å². The van der Waals surface area contributed by atoms with Crippen molar-refractivity contribution in [1.82, 2.24) is 9.62 Å². The Morgan fingerprint density at radius 2 is 2.05 bits per heavy atom. The van der Waals surface area contributed by atoms with Gasteiger partial charge in [0.25, 0.3) is 0 Å². The molecule has 0 atom stereocenters. The second kappa shape index (κ2) is 6.25. The zero-order valence-corrected chi connectivity index (χ0v) is 12.6. The molecule has 1 aromatic rings. The molecule has 2 rings (SSSR count). The lowest BCUT2D eigenvalue weighted by Gasteiger charge is -2.19. The predicted molar refractivity (Wildman–Crippen MR) is 76.2 cm³/mol. The van der Waals surface area contributed by atoms with E-state index in [1.54, 1.807) is 0 Å². The molecule has 0 aliphatic heterocycles. The average molecular weight is 319 g/mol. The molecule has 0 spiro atoms. The number of nitrogens with one attached hydrogen (secondary N) is 1. The maximum atomic E-state index is 13.8. The van der Waals surface area contributed by atoms with Crippen LogP contribution in [-0.2, 0) is 10.0 Å². The molecule has 0 bridgehead atoms. The lowest BCUT2D eigenvalue weighted by molar-refractivity contribution is 0.282. The third-order valence-corrected chi connectivity index (χ3v) is 5.02. The molecule has 1 fully saturated rings. The van der Waals surface area contributed by atoms with Crippen molar-refractivity contribution in [3.63, 3.8) is 0 Å². The largest absolute Gasteiger partial charge is 0.394 e. The maximum Gasteiger partial charge on any atom is 0.243 e. The Balaban J connectivity index is 2.03. The molecule has 1 aliphatic carbocycles. The van der Waals surface area contributed by atoms with Gasteiger partial charge in [-0.25, -0.2) is 21.9 Å². The van der Waals surface area contributed by atoms with E-state index < -0.39 is 32.2 Å². The Bertz CT molecular complexity index is 618. The van der Waals surface area contributed by atoms with E-state index in [1.807, 2.05) is 6.92 Å². The summed E-state index contributed by atoms with van der Waals surface area (Å²) in [5.74, 6) is -2.23. The van der Waals surface area contributed by atoms with Crippen molar-refractivity contribution in [1.29, 1.82) is 0 Å². The molecule has 1 saturated carbocycles. The summed E-state index contributed by atoms with van der Waals surface area (Å²) in [6.07, 6.45) is 2.26. The van der Waals surface area contributed by atoms with Crippen LogP contribution in [0.5, 0.6) is 0 Å². The van der Waals surface area contributed by atoms with Gasteiger partial charge in [0.05, 0.1) is 0 Å². The summed E-state index contributed by atoms with van der Waals surface area (Å²) < 4.78 is 53.2. The van der Waals surface area contributed by atoms with Crippen LogP contribution in [0, 0.1) is 11.6 Å². The van der Waals surface area contributed by atoms with Crippen LogP contribution in [-0.4, -0.2) is 39.0 Å². The number of hydrogen-bond donors (Lipinski definition) is 2. The SMILES string of the molecule is CCN(CCNS(=O)(=O)c1ccc(F)c(N)c1F)C1CC1. The topological polar surface area (TPSA) is 75.4 Å². The molecule has 0 unspecified atom stereocenters. The summed E-state index contributed by atoms with van der Waals surface area (Å²) in [6.45, 7) is 3.57. The predicted octanol–water partition coefficient (Wildman–Crippen LogP) is 1.31. The van der Waals surface area contributed by atoms with Crippen LogP contribution < -0.4 is 10.5 Å². The van der Waals surface area contributed by atoms with E-state index in [9.17, 15) is 17.2 Å². The van der Waals surface area contributed by atoms with Gasteiger partial charge in [0, 0.05) is 19.1 Å². The van der Waals surface area contributed by atoms with Gasteiger partial charge < -0.3 is 5.73 Å². The first kappa shape index (κ1) is 16.1. The molecule has 0 amide bonds. The van der Waals surface area contributed by atoms with Crippen LogP contribution in [0.15, 0.2) is 17.0 Å². The number of likely N-dealkylation sites (N-methyl/N-ethyl adjacent to an activating group) is 1. The Morgan fingerprint density at radius 1 is 1.38 bits per heavy atom. The number of hydrogen-bond acceptors (Lipinski definition) is 4. The second-order valence-electron chi connectivity index (χ2n) is 5.03. The van der Waals surface area contributed by atoms with Crippen LogP contribution in [0.2, 0.25) is 0 Å². The van der Waals surface area contributed by atoms with Crippen LogP contribution >= 0.6 is 0 Å². The van der Waals surface area contributed by atoms with Crippen molar-refractivity contribution < 1.29 is 17.2 Å². The van der Waals surface area contributed by atoms with E-state index in [2.05, 4.69) is 9.62 Å². The van der Waals surface area contributed by atoms with E-state index in [0.29, 0.717) is 12.6 Å². The molecule has 0 aromatic heterocycles. The molecule has 21 heavy (non-hydrogen) atoms. The first-order chi connectivity index (χ1) is 9.86. The summed E-state index contributed by atoms with van der Waals surface area (Å²) in [7, 11) is -4.04. The van der Waals surface area contributed by atoms with Crippen molar-refractivity contribution in [2.45, 2.75) is 30.7 Å². The Hall–Kier alpha value is -1.25. The van der Waals surface area contributed by atoms with E-state index in [-0.39, 0.29) is 6.54 Å². The quantitative estimate of drug-likeness (QED) is 0.743. The van der Waals surface area contributed by atoms with Gasteiger partial charge in [-0.1, -0.05) is 6.92 Å². The number of halogens is 2. The van der Waals surface area contributed by atoms with Crippen molar-refractivity contribution >= 4 is 15.7 Å². The minimum Gasteiger partial charge on any atom is -0.394 e. The maximum absolute atomic E-state index is 13.8. The Kier molecular flexibility index (Phi) is 4.80. The lowest BCUT2D eigenvalue weighted by Crippen LogP contribution is -2.36. The summed E-state index contributed by atoms with van der Waals surface area (Å²) >= 11 is 0. The molecule has 0 saturated heterocycles. The van der Waals surface area contributed by atoms with Gasteiger partial charge in [-0.05, 0) is 31.5 Å². The fraction of sp³-hybridized carbons (Fsp3) is 0.538. The molecular formula is C13H19F2N3O2S. The van der Waals surface area contributed by atoms with E-state index in [0.717, 1.165) is 31.5 Å². The first-order valence-corrected chi connectivity index (χ1v) is 8.32. The summed E-state index contributed by atoms with van der Waals surface area (Å²) in [5.41, 5.74) is 4.39. The summed E-state index contributed by atoms with van der Waals surface area (Å²) in [4.78, 5) is 1.54. The number of nitrogens with two attached hydrogens (primary N) is 1. The molecule has 1 aliphatic rings. The third kappa shape index (κ3) is 3.69.